The van der Waals surface area contributed by atoms with Crippen molar-refractivity contribution >= 4 is 17.9 Å². The Hall–Kier alpha value is -2.53. The highest BCUT2D eigenvalue weighted by Gasteiger charge is 2.62. The minimum atomic E-state index is -4.12. The van der Waals surface area contributed by atoms with Gasteiger partial charge in [0, 0.05) is 19.3 Å². The number of rotatable bonds is 50. The van der Waals surface area contributed by atoms with Gasteiger partial charge in [0.25, 0.3) is 0 Å². The van der Waals surface area contributed by atoms with Crippen molar-refractivity contribution in [3.63, 3.8) is 0 Å². The Labute approximate surface area is 410 Å². The molecular formula is C57H104O10. The van der Waals surface area contributed by atoms with Crippen LogP contribution in [0.15, 0.2) is 36.5 Å². The second-order valence-corrected chi connectivity index (χ2v) is 19.1. The Morgan fingerprint density at radius 1 is 0.343 bits per heavy atom. The van der Waals surface area contributed by atoms with Gasteiger partial charge in [-0.1, -0.05) is 211 Å². The normalized spacial score (nSPS) is 13.1. The van der Waals surface area contributed by atoms with Crippen LogP contribution >= 0.6 is 0 Å². The van der Waals surface area contributed by atoms with Crippen molar-refractivity contribution in [2.75, 3.05) is 0 Å². The van der Waals surface area contributed by atoms with Crippen molar-refractivity contribution in [2.45, 2.75) is 308 Å². The maximum absolute atomic E-state index is 13.0. The molecule has 0 spiro atoms. The molecule has 0 radical (unpaired) electrons. The molecule has 0 aromatic rings. The molecule has 67 heavy (non-hydrogen) atoms. The molecule has 0 aromatic heterocycles. The zero-order valence-corrected chi connectivity index (χ0v) is 43.5. The first-order valence-corrected chi connectivity index (χ1v) is 28.0. The van der Waals surface area contributed by atoms with Gasteiger partial charge in [-0.05, 0) is 96.3 Å². The van der Waals surface area contributed by atoms with Crippen molar-refractivity contribution in [1.82, 2.24) is 0 Å². The smallest absolute Gasteiger partial charge is 0.369 e. The number of carbonyl (C=O) groups is 3. The summed E-state index contributed by atoms with van der Waals surface area (Å²) in [5.41, 5.74) is 0. The van der Waals surface area contributed by atoms with Crippen molar-refractivity contribution in [2.24, 2.45) is 0 Å². The predicted octanol–water partition coefficient (Wildman–Crippen LogP) is 15.4. The monoisotopic (exact) mass is 949 g/mol. The zero-order chi connectivity index (χ0) is 49.4. The van der Waals surface area contributed by atoms with Crippen molar-refractivity contribution in [3.05, 3.63) is 36.5 Å². The molecule has 0 aromatic carbocycles. The summed E-state index contributed by atoms with van der Waals surface area (Å²) in [5.74, 6) is -10.7. The minimum absolute atomic E-state index is 0.116. The number of allylic oxidation sites excluding steroid dienone is 6. The molecule has 0 heterocycles. The molecular weight excluding hydrogens is 845 g/mol. The van der Waals surface area contributed by atoms with E-state index in [9.17, 15) is 34.8 Å². The van der Waals surface area contributed by atoms with E-state index in [0.717, 1.165) is 109 Å². The van der Waals surface area contributed by atoms with Gasteiger partial charge in [0.15, 0.2) is 0 Å². The van der Waals surface area contributed by atoms with E-state index in [1.165, 1.54) is 116 Å². The van der Waals surface area contributed by atoms with Crippen LogP contribution in [-0.2, 0) is 28.6 Å². The fourth-order valence-electron chi connectivity index (χ4n) is 8.06. The summed E-state index contributed by atoms with van der Waals surface area (Å²) in [5, 5.41) is 42.3. The maximum Gasteiger partial charge on any atom is 0.369 e. The average molecular weight is 949 g/mol. The van der Waals surface area contributed by atoms with Gasteiger partial charge in [0.05, 0.1) is 0 Å². The topological polar surface area (TPSA) is 160 Å². The summed E-state index contributed by atoms with van der Waals surface area (Å²) in [4.78, 5) is 39.0. The van der Waals surface area contributed by atoms with Gasteiger partial charge in [0.1, 0.15) is 0 Å². The Morgan fingerprint density at radius 2 is 0.567 bits per heavy atom. The summed E-state index contributed by atoms with van der Waals surface area (Å²) in [6.45, 7) is 6.69. The summed E-state index contributed by atoms with van der Waals surface area (Å²) in [7, 11) is 0. The van der Waals surface area contributed by atoms with Crippen molar-refractivity contribution in [1.29, 1.82) is 0 Å². The van der Waals surface area contributed by atoms with Gasteiger partial charge in [0.2, 0.25) is 0 Å². The second kappa shape index (κ2) is 47.2. The van der Waals surface area contributed by atoms with Crippen LogP contribution in [0.4, 0.5) is 0 Å². The van der Waals surface area contributed by atoms with Crippen LogP contribution in [0.5, 0.6) is 0 Å². The first kappa shape index (κ1) is 64.5. The van der Waals surface area contributed by atoms with Crippen LogP contribution in [0, 0.1) is 0 Å². The molecule has 1 unspecified atom stereocenters. The van der Waals surface area contributed by atoms with Crippen LogP contribution in [0.1, 0.15) is 290 Å². The molecule has 0 saturated carbocycles. The number of hydrogen-bond acceptors (Lipinski definition) is 10. The van der Waals surface area contributed by atoms with Crippen molar-refractivity contribution in [3.8, 4) is 0 Å². The Bertz CT molecular complexity index is 1170. The molecule has 0 saturated heterocycles. The van der Waals surface area contributed by atoms with Gasteiger partial charge in [-0.3, -0.25) is 14.4 Å². The van der Waals surface area contributed by atoms with E-state index in [2.05, 4.69) is 57.2 Å². The molecule has 0 bridgehead atoms. The number of ether oxygens (including phenoxy) is 3. The molecule has 4 N–H and O–H groups in total. The summed E-state index contributed by atoms with van der Waals surface area (Å²) < 4.78 is 15.6. The second-order valence-electron chi connectivity index (χ2n) is 19.1. The number of carbonyl (C=O) groups excluding carboxylic acids is 3. The number of esters is 3. The lowest BCUT2D eigenvalue weighted by atomic mass is 10.1. The highest BCUT2D eigenvalue weighted by Crippen LogP contribution is 2.29. The summed E-state index contributed by atoms with van der Waals surface area (Å²) >= 11 is 0. The molecule has 0 aliphatic rings. The molecule has 0 rings (SSSR count). The Kier molecular flexibility index (Phi) is 45.4. The van der Waals surface area contributed by atoms with Gasteiger partial charge < -0.3 is 34.6 Å². The van der Waals surface area contributed by atoms with Crippen molar-refractivity contribution < 1.29 is 49.0 Å². The lowest BCUT2D eigenvalue weighted by molar-refractivity contribution is -0.479. The van der Waals surface area contributed by atoms with E-state index in [1.54, 1.807) is 0 Å². The lowest BCUT2D eigenvalue weighted by Gasteiger charge is -2.38. The highest BCUT2D eigenvalue weighted by atomic mass is 16.8. The van der Waals surface area contributed by atoms with Crippen LogP contribution in [0.25, 0.3) is 0 Å². The van der Waals surface area contributed by atoms with E-state index in [4.69, 9.17) is 14.2 Å². The molecule has 10 heteroatoms. The molecule has 1 atom stereocenters. The number of aliphatic hydroxyl groups is 4. The van der Waals surface area contributed by atoms with E-state index in [1.807, 2.05) is 0 Å². The third kappa shape index (κ3) is 41.0. The fraction of sp³-hybridized carbons (Fsp3) is 0.842. The average Bonchev–Trinajstić information content (AvgIpc) is 3.29. The summed E-state index contributed by atoms with van der Waals surface area (Å²) in [6, 6.07) is 0. The standard InChI is InChI=1S/C57H104O10/c1-4-7-10-13-16-19-22-25-28-31-34-37-40-43-46-49-52(58)65-55(66-53(59)50-47-44-41-38-35-32-29-26-23-20-17-14-11-8-5-2)56(61,57(62,63)64)67-54(60)51-48-45-42-39-36-33-30-27-24-21-18-15-12-9-6-3/h25-30,55,61-64H,4-24,31-51H2,1-3H3/b28-25-,29-26-,30-27-. The quantitative estimate of drug-likeness (QED) is 0.0200. The first-order valence-electron chi connectivity index (χ1n) is 28.0. The molecule has 0 amide bonds. The maximum atomic E-state index is 13.0. The van der Waals surface area contributed by atoms with Gasteiger partial charge in [-0.2, -0.15) is 0 Å². The molecule has 0 aliphatic carbocycles. The Morgan fingerprint density at radius 3 is 0.821 bits per heavy atom. The van der Waals surface area contributed by atoms with Gasteiger partial charge in [-0.15, -0.1) is 0 Å². The predicted molar refractivity (Wildman–Crippen MR) is 275 cm³/mol. The zero-order valence-electron chi connectivity index (χ0n) is 43.5. The molecule has 0 fully saturated rings. The highest BCUT2D eigenvalue weighted by molar-refractivity contribution is 5.72. The van der Waals surface area contributed by atoms with Crippen LogP contribution in [-0.4, -0.2) is 56.4 Å². The van der Waals surface area contributed by atoms with E-state index in [-0.39, 0.29) is 19.3 Å². The Balaban J connectivity index is 5.01. The summed E-state index contributed by atoms with van der Waals surface area (Å²) in [6.07, 6.45) is 52.5. The molecule has 0 aliphatic heterocycles. The molecule has 392 valence electrons. The van der Waals surface area contributed by atoms with E-state index >= 15 is 0 Å². The number of hydrogen-bond donors (Lipinski definition) is 4. The SMILES string of the molecule is CCCCCCCC/C=C\CCCCCCCC(=O)OC(OC(=O)CCCCCCC/C=C\CCCCCCCC)C(O)(OC(=O)CCCCCCC/C=C\CCCCCCCC)C(O)(O)O. The first-order chi connectivity index (χ1) is 32.5. The minimum Gasteiger partial charge on any atom is -0.418 e. The number of unbranched alkanes of at least 4 members (excludes halogenated alkanes) is 33. The van der Waals surface area contributed by atoms with Crippen LogP contribution in [0.2, 0.25) is 0 Å². The molecule has 10 nitrogen and oxygen atoms in total. The lowest BCUT2D eigenvalue weighted by Crippen LogP contribution is -2.65. The van der Waals surface area contributed by atoms with Gasteiger partial charge in [-0.25, -0.2) is 0 Å². The van der Waals surface area contributed by atoms with Gasteiger partial charge >= 0.3 is 36.0 Å². The largest absolute Gasteiger partial charge is 0.418 e. The third-order valence-electron chi connectivity index (χ3n) is 12.5. The third-order valence-corrected chi connectivity index (χ3v) is 12.5. The fourth-order valence-corrected chi connectivity index (χ4v) is 8.06. The van der Waals surface area contributed by atoms with Crippen LogP contribution < -0.4 is 0 Å². The van der Waals surface area contributed by atoms with Crippen LogP contribution in [0.3, 0.4) is 0 Å². The van der Waals surface area contributed by atoms with E-state index < -0.39 is 36.0 Å². The van der Waals surface area contributed by atoms with E-state index in [0.29, 0.717) is 25.7 Å².